The van der Waals surface area contributed by atoms with E-state index in [1.807, 2.05) is 18.2 Å². The molecule has 0 radical (unpaired) electrons. The highest BCUT2D eigenvalue weighted by Gasteiger charge is 2.13. The van der Waals surface area contributed by atoms with Crippen molar-refractivity contribution in [1.29, 1.82) is 0 Å². The molecule has 0 aliphatic heterocycles. The van der Waals surface area contributed by atoms with Crippen LogP contribution in [-0.4, -0.2) is 5.24 Å². The number of halogens is 4. The van der Waals surface area contributed by atoms with E-state index in [2.05, 4.69) is 15.9 Å². The van der Waals surface area contributed by atoms with Crippen LogP contribution in [0.5, 0.6) is 5.75 Å². The van der Waals surface area contributed by atoms with Gasteiger partial charge in [0, 0.05) is 16.1 Å². The lowest BCUT2D eigenvalue weighted by atomic mass is 10.2. The van der Waals surface area contributed by atoms with Gasteiger partial charge in [-0.1, -0.05) is 41.4 Å². The first-order chi connectivity index (χ1) is 9.49. The Morgan fingerprint density at radius 2 is 1.85 bits per heavy atom. The average molecular weight is 394 g/mol. The molecule has 0 aliphatic rings. The molecule has 0 amide bonds. The van der Waals surface area contributed by atoms with Crippen molar-refractivity contribution in [2.45, 2.75) is 6.61 Å². The number of ether oxygens (including phenoxy) is 1. The van der Waals surface area contributed by atoms with Crippen LogP contribution in [0.25, 0.3) is 0 Å². The molecule has 6 heteroatoms. The van der Waals surface area contributed by atoms with Gasteiger partial charge in [0.25, 0.3) is 5.24 Å². The topological polar surface area (TPSA) is 26.3 Å². The van der Waals surface area contributed by atoms with E-state index in [1.54, 1.807) is 12.1 Å². The highest BCUT2D eigenvalue weighted by atomic mass is 79.9. The number of hydrogen-bond acceptors (Lipinski definition) is 2. The molecular weight excluding hydrogens is 386 g/mol. The standard InChI is InChI=1S/C14H8BrCl3O2/c15-10-5-9(14(18)19)6-12(17)13(10)20-7-8-3-1-2-4-11(8)16/h1-6H,7H2. The zero-order valence-electron chi connectivity index (χ0n) is 10.00. The Balaban J connectivity index is 2.22. The average Bonchev–Trinajstić information content (AvgIpc) is 2.39. The van der Waals surface area contributed by atoms with Crippen LogP contribution in [0.1, 0.15) is 15.9 Å². The van der Waals surface area contributed by atoms with Gasteiger partial charge in [-0.15, -0.1) is 0 Å². The van der Waals surface area contributed by atoms with Gasteiger partial charge >= 0.3 is 0 Å². The second-order valence-electron chi connectivity index (χ2n) is 3.92. The van der Waals surface area contributed by atoms with Crippen LogP contribution >= 0.6 is 50.7 Å². The summed E-state index contributed by atoms with van der Waals surface area (Å²) in [5.74, 6) is 0.438. The molecule has 2 aromatic rings. The molecule has 0 aliphatic carbocycles. The summed E-state index contributed by atoms with van der Waals surface area (Å²) in [6.45, 7) is 0.270. The number of benzene rings is 2. The predicted molar refractivity (Wildman–Crippen MR) is 85.1 cm³/mol. The van der Waals surface area contributed by atoms with Crippen LogP contribution in [0.2, 0.25) is 10.0 Å². The normalized spacial score (nSPS) is 10.4. The fourth-order valence-electron chi connectivity index (χ4n) is 1.58. The van der Waals surface area contributed by atoms with Crippen molar-refractivity contribution in [2.24, 2.45) is 0 Å². The quantitative estimate of drug-likeness (QED) is 0.621. The van der Waals surface area contributed by atoms with Crippen molar-refractivity contribution in [2.75, 3.05) is 0 Å². The third-order valence-electron chi connectivity index (χ3n) is 2.56. The first-order valence-corrected chi connectivity index (χ1v) is 7.47. The minimum atomic E-state index is -0.578. The van der Waals surface area contributed by atoms with Crippen molar-refractivity contribution in [3.8, 4) is 5.75 Å². The summed E-state index contributed by atoms with van der Waals surface area (Å²) in [6.07, 6.45) is 0. The summed E-state index contributed by atoms with van der Waals surface area (Å²) in [6, 6.07) is 10.4. The van der Waals surface area contributed by atoms with Crippen molar-refractivity contribution in [3.63, 3.8) is 0 Å². The maximum absolute atomic E-state index is 11.1. The van der Waals surface area contributed by atoms with E-state index < -0.39 is 5.24 Å². The fourth-order valence-corrected chi connectivity index (χ4v) is 2.84. The van der Waals surface area contributed by atoms with Crippen molar-refractivity contribution >= 4 is 56.0 Å². The minimum Gasteiger partial charge on any atom is -0.486 e. The first-order valence-electron chi connectivity index (χ1n) is 5.54. The Morgan fingerprint density at radius 1 is 1.15 bits per heavy atom. The first kappa shape index (κ1) is 15.6. The summed E-state index contributed by atoms with van der Waals surface area (Å²) < 4.78 is 6.21. The molecular formula is C14H8BrCl3O2. The smallest absolute Gasteiger partial charge is 0.252 e. The molecule has 0 N–H and O–H groups in total. The molecule has 20 heavy (non-hydrogen) atoms. The van der Waals surface area contributed by atoms with E-state index >= 15 is 0 Å². The summed E-state index contributed by atoms with van der Waals surface area (Å²) in [5.41, 5.74) is 1.14. The molecule has 0 spiro atoms. The van der Waals surface area contributed by atoms with Crippen molar-refractivity contribution in [3.05, 3.63) is 62.0 Å². The summed E-state index contributed by atoms with van der Waals surface area (Å²) in [4.78, 5) is 11.1. The van der Waals surface area contributed by atoms with Gasteiger partial charge in [0.15, 0.2) is 5.75 Å². The molecule has 0 saturated carbocycles. The molecule has 2 rings (SSSR count). The van der Waals surface area contributed by atoms with Gasteiger partial charge in [0.1, 0.15) is 6.61 Å². The summed E-state index contributed by atoms with van der Waals surface area (Å²) in [5, 5.41) is 0.341. The van der Waals surface area contributed by atoms with E-state index in [-0.39, 0.29) is 6.61 Å². The van der Waals surface area contributed by atoms with E-state index in [1.165, 1.54) is 6.07 Å². The second-order valence-corrected chi connectivity index (χ2v) is 5.93. The summed E-state index contributed by atoms with van der Waals surface area (Å²) in [7, 11) is 0. The molecule has 0 unspecified atom stereocenters. The molecule has 0 bridgehead atoms. The van der Waals surface area contributed by atoms with Crippen LogP contribution in [0, 0.1) is 0 Å². The lowest BCUT2D eigenvalue weighted by molar-refractivity contribution is 0.108. The second kappa shape index (κ2) is 6.81. The predicted octanol–water partition coefficient (Wildman–Crippen LogP) is 5.71. The minimum absolute atomic E-state index is 0.270. The van der Waals surface area contributed by atoms with Crippen LogP contribution in [0.4, 0.5) is 0 Å². The van der Waals surface area contributed by atoms with Crippen LogP contribution < -0.4 is 4.74 Å². The van der Waals surface area contributed by atoms with Gasteiger partial charge < -0.3 is 4.74 Å². The van der Waals surface area contributed by atoms with Crippen molar-refractivity contribution < 1.29 is 9.53 Å². The molecule has 2 aromatic carbocycles. The van der Waals surface area contributed by atoms with E-state index in [9.17, 15) is 4.79 Å². The van der Waals surface area contributed by atoms with E-state index in [4.69, 9.17) is 39.5 Å². The zero-order valence-corrected chi connectivity index (χ0v) is 13.9. The Hall–Kier alpha value is -0.740. The highest BCUT2D eigenvalue weighted by molar-refractivity contribution is 9.10. The largest absolute Gasteiger partial charge is 0.486 e. The number of hydrogen-bond donors (Lipinski definition) is 0. The Morgan fingerprint density at radius 3 is 2.45 bits per heavy atom. The number of rotatable bonds is 4. The van der Waals surface area contributed by atoms with Crippen LogP contribution in [-0.2, 0) is 6.61 Å². The van der Waals surface area contributed by atoms with Crippen molar-refractivity contribution in [1.82, 2.24) is 0 Å². The van der Waals surface area contributed by atoms with Gasteiger partial charge in [-0.05, 0) is 45.7 Å². The fraction of sp³-hybridized carbons (Fsp3) is 0.0714. The molecule has 0 aromatic heterocycles. The molecule has 2 nitrogen and oxygen atoms in total. The Kier molecular flexibility index (Phi) is 5.33. The lowest BCUT2D eigenvalue weighted by Gasteiger charge is -2.12. The monoisotopic (exact) mass is 392 g/mol. The molecule has 0 fully saturated rings. The Bertz CT molecular complexity index is 636. The summed E-state index contributed by atoms with van der Waals surface area (Å²) >= 11 is 20.9. The van der Waals surface area contributed by atoms with Crippen LogP contribution in [0.15, 0.2) is 40.9 Å². The van der Waals surface area contributed by atoms with Crippen LogP contribution in [0.3, 0.4) is 0 Å². The third-order valence-corrected chi connectivity index (χ3v) is 4.01. The maximum atomic E-state index is 11.1. The Labute approximate surface area is 139 Å². The van der Waals surface area contributed by atoms with Gasteiger partial charge in [-0.25, -0.2) is 0 Å². The van der Waals surface area contributed by atoms with E-state index in [0.29, 0.717) is 25.8 Å². The van der Waals surface area contributed by atoms with E-state index in [0.717, 1.165) is 5.56 Å². The van der Waals surface area contributed by atoms with Gasteiger partial charge in [0.05, 0.1) is 9.50 Å². The zero-order chi connectivity index (χ0) is 14.7. The number of carbonyl (C=O) groups is 1. The molecule has 0 heterocycles. The highest BCUT2D eigenvalue weighted by Crippen LogP contribution is 2.35. The molecule has 104 valence electrons. The van der Waals surface area contributed by atoms with Gasteiger partial charge in [-0.3, -0.25) is 4.79 Å². The third kappa shape index (κ3) is 3.67. The number of carbonyl (C=O) groups excluding carboxylic acids is 1. The molecule has 0 atom stereocenters. The maximum Gasteiger partial charge on any atom is 0.252 e. The van der Waals surface area contributed by atoms with Gasteiger partial charge in [-0.2, -0.15) is 0 Å². The lowest BCUT2D eigenvalue weighted by Crippen LogP contribution is -1.99. The SMILES string of the molecule is O=C(Cl)c1cc(Cl)c(OCc2ccccc2Cl)c(Br)c1. The van der Waals surface area contributed by atoms with Gasteiger partial charge in [0.2, 0.25) is 0 Å². The molecule has 0 saturated heterocycles.